The Hall–Kier alpha value is -3.27. The number of carbonyl (C=O) groups excluding carboxylic acids is 1. The Labute approximate surface area is 214 Å². The van der Waals surface area contributed by atoms with E-state index in [-0.39, 0.29) is 25.1 Å². The fraction of sp³-hybridized carbons (Fsp3) is 0.407. The van der Waals surface area contributed by atoms with E-state index >= 15 is 0 Å². The van der Waals surface area contributed by atoms with E-state index in [1.165, 1.54) is 13.4 Å². The summed E-state index contributed by atoms with van der Waals surface area (Å²) in [5, 5.41) is 0.766. The lowest BCUT2D eigenvalue weighted by Crippen LogP contribution is -2.26. The highest BCUT2D eigenvalue weighted by molar-refractivity contribution is 7.90. The van der Waals surface area contributed by atoms with Gasteiger partial charge in [-0.2, -0.15) is 0 Å². The second kappa shape index (κ2) is 8.93. The molecule has 2 aromatic heterocycles. The van der Waals surface area contributed by atoms with Gasteiger partial charge in [-0.05, 0) is 61.7 Å². The zero-order chi connectivity index (χ0) is 26.7. The van der Waals surface area contributed by atoms with Crippen molar-refractivity contribution in [3.63, 3.8) is 0 Å². The Bertz CT molecular complexity index is 1670. The zero-order valence-electron chi connectivity index (χ0n) is 21.3. The molecule has 0 unspecified atom stereocenters. The van der Waals surface area contributed by atoms with Gasteiger partial charge in [0.15, 0.2) is 0 Å². The van der Waals surface area contributed by atoms with Crippen molar-refractivity contribution in [1.82, 2.24) is 14.1 Å². The molecule has 0 N–H and O–H groups in total. The highest BCUT2D eigenvalue weighted by atomic mass is 32.2. The average molecular weight is 530 g/mol. The molecule has 2 heterocycles. The number of ether oxygens (including phenoxy) is 1. The van der Waals surface area contributed by atoms with Crippen LogP contribution in [0.25, 0.3) is 33.3 Å². The summed E-state index contributed by atoms with van der Waals surface area (Å²) in [7, 11) is -1.96. The van der Waals surface area contributed by atoms with Crippen molar-refractivity contribution in [2.24, 2.45) is 0 Å². The van der Waals surface area contributed by atoms with Gasteiger partial charge in [-0.25, -0.2) is 27.0 Å². The standard InChI is InChI=1S/C27H29F2N3O4S/c1-5-31-21-8-6-17(14-19(21)20-15-27(28,29)11-10-22(20)31)25-30-24-16(2)18(26(33)36-3)7-9-23(24)32(25)12-13-37(4,34)35/h6-9,14H,5,10-13,15H2,1-4H3. The van der Waals surface area contributed by atoms with Crippen LogP contribution >= 0.6 is 0 Å². The largest absolute Gasteiger partial charge is 0.465 e. The number of fused-ring (bicyclic) bond motifs is 4. The number of nitrogens with zero attached hydrogens (tertiary/aromatic N) is 3. The molecule has 0 atom stereocenters. The summed E-state index contributed by atoms with van der Waals surface area (Å²) in [5.41, 5.74) is 5.45. The van der Waals surface area contributed by atoms with Crippen molar-refractivity contribution in [2.45, 2.75) is 52.1 Å². The van der Waals surface area contributed by atoms with Gasteiger partial charge in [0.25, 0.3) is 5.92 Å². The first-order chi connectivity index (χ1) is 17.4. The third-order valence-corrected chi connectivity index (χ3v) is 8.21. The second-order valence-corrected chi connectivity index (χ2v) is 12.0. The minimum absolute atomic E-state index is 0.0979. The number of benzene rings is 2. The summed E-state index contributed by atoms with van der Waals surface area (Å²) < 4.78 is 61.7. The number of hydrogen-bond donors (Lipinski definition) is 0. The van der Waals surface area contributed by atoms with Crippen molar-refractivity contribution >= 4 is 37.7 Å². The number of sulfone groups is 1. The summed E-state index contributed by atoms with van der Waals surface area (Å²) in [5.74, 6) is -2.81. The van der Waals surface area contributed by atoms with Gasteiger partial charge < -0.3 is 13.9 Å². The quantitative estimate of drug-likeness (QED) is 0.331. The molecule has 5 rings (SSSR count). The van der Waals surface area contributed by atoms with Gasteiger partial charge in [0.1, 0.15) is 15.7 Å². The van der Waals surface area contributed by atoms with Crippen molar-refractivity contribution in [1.29, 1.82) is 0 Å². The summed E-state index contributed by atoms with van der Waals surface area (Å²) in [6.07, 6.45) is 1.04. The van der Waals surface area contributed by atoms with E-state index in [1.807, 2.05) is 29.7 Å². The molecule has 0 saturated heterocycles. The normalized spacial score (nSPS) is 15.3. The lowest BCUT2D eigenvalue weighted by molar-refractivity contribution is -0.0125. The Morgan fingerprint density at radius 2 is 1.89 bits per heavy atom. The van der Waals surface area contributed by atoms with Crippen LogP contribution in [0.1, 0.15) is 40.5 Å². The Morgan fingerprint density at radius 1 is 1.16 bits per heavy atom. The van der Waals surface area contributed by atoms with Gasteiger partial charge in [0.2, 0.25) is 0 Å². The van der Waals surface area contributed by atoms with Gasteiger partial charge in [0.05, 0.1) is 29.5 Å². The van der Waals surface area contributed by atoms with Crippen molar-refractivity contribution in [2.75, 3.05) is 19.1 Å². The van der Waals surface area contributed by atoms with E-state index in [4.69, 9.17) is 9.72 Å². The van der Waals surface area contributed by atoms with Gasteiger partial charge in [-0.1, -0.05) is 0 Å². The molecule has 0 radical (unpaired) electrons. The Balaban J connectivity index is 1.74. The van der Waals surface area contributed by atoms with Crippen molar-refractivity contribution < 1.29 is 26.7 Å². The molecular formula is C27H29F2N3O4S. The third kappa shape index (κ3) is 4.41. The maximum Gasteiger partial charge on any atom is 0.338 e. The van der Waals surface area contributed by atoms with Crippen LogP contribution < -0.4 is 0 Å². The average Bonchev–Trinajstić information content (AvgIpc) is 3.36. The molecule has 0 bridgehead atoms. The third-order valence-electron chi connectivity index (χ3n) is 7.29. The lowest BCUT2D eigenvalue weighted by Gasteiger charge is -2.23. The number of esters is 1. The molecule has 0 fully saturated rings. The van der Waals surface area contributed by atoms with E-state index in [9.17, 15) is 22.0 Å². The maximum atomic E-state index is 14.4. The van der Waals surface area contributed by atoms with Crippen LogP contribution in [0.15, 0.2) is 30.3 Å². The number of halogens is 2. The van der Waals surface area contributed by atoms with E-state index in [0.717, 1.165) is 16.6 Å². The number of carbonyl (C=O) groups is 1. The van der Waals surface area contributed by atoms with E-state index in [1.54, 1.807) is 19.1 Å². The Morgan fingerprint density at radius 3 is 2.57 bits per heavy atom. The van der Waals surface area contributed by atoms with E-state index < -0.39 is 21.7 Å². The van der Waals surface area contributed by atoms with E-state index in [0.29, 0.717) is 52.1 Å². The number of aromatic nitrogens is 3. The second-order valence-electron chi connectivity index (χ2n) is 9.75. The molecule has 196 valence electrons. The molecule has 0 aliphatic heterocycles. The van der Waals surface area contributed by atoms with Gasteiger partial charge in [0, 0.05) is 54.3 Å². The summed E-state index contributed by atoms with van der Waals surface area (Å²) in [4.78, 5) is 17.1. The predicted molar refractivity (Wildman–Crippen MR) is 139 cm³/mol. The molecule has 37 heavy (non-hydrogen) atoms. The first-order valence-corrected chi connectivity index (χ1v) is 14.3. The highest BCUT2D eigenvalue weighted by Gasteiger charge is 2.37. The maximum absolute atomic E-state index is 14.4. The number of rotatable bonds is 6. The number of aryl methyl sites for hydroxylation is 3. The first kappa shape index (κ1) is 25.4. The monoisotopic (exact) mass is 529 g/mol. The molecule has 7 nitrogen and oxygen atoms in total. The molecular weight excluding hydrogens is 500 g/mol. The Kier molecular flexibility index (Phi) is 6.13. The summed E-state index contributed by atoms with van der Waals surface area (Å²) >= 11 is 0. The molecule has 4 aromatic rings. The fourth-order valence-corrected chi connectivity index (χ4v) is 5.98. The number of imidazole rings is 1. The molecule has 10 heteroatoms. The molecule has 1 aliphatic rings. The van der Waals surface area contributed by atoms with Gasteiger partial charge in [-0.3, -0.25) is 0 Å². The van der Waals surface area contributed by atoms with Crippen molar-refractivity contribution in [3.8, 4) is 11.4 Å². The zero-order valence-corrected chi connectivity index (χ0v) is 22.1. The van der Waals surface area contributed by atoms with Crippen molar-refractivity contribution in [3.05, 3.63) is 52.7 Å². The van der Waals surface area contributed by atoms with E-state index in [2.05, 4.69) is 4.57 Å². The van der Waals surface area contributed by atoms with Crippen LogP contribution in [0.5, 0.6) is 0 Å². The SMILES string of the molecule is CCn1c2c(c3cc(-c4nc5c(C)c(C(=O)OC)ccc5n4CCS(C)(=O)=O)ccc31)CC(F)(F)CC2. The van der Waals surface area contributed by atoms with Crippen LogP contribution in [0.4, 0.5) is 8.78 Å². The minimum Gasteiger partial charge on any atom is -0.465 e. The topological polar surface area (TPSA) is 83.2 Å². The lowest BCUT2D eigenvalue weighted by atomic mass is 9.92. The fourth-order valence-electron chi connectivity index (χ4n) is 5.47. The molecule has 1 aliphatic carbocycles. The van der Waals surface area contributed by atoms with Crippen LogP contribution in [-0.4, -0.2) is 53.5 Å². The number of hydrogen-bond acceptors (Lipinski definition) is 5. The smallest absolute Gasteiger partial charge is 0.338 e. The first-order valence-electron chi connectivity index (χ1n) is 12.2. The molecule has 0 amide bonds. The summed E-state index contributed by atoms with van der Waals surface area (Å²) in [6, 6.07) is 9.09. The highest BCUT2D eigenvalue weighted by Crippen LogP contribution is 2.40. The molecule has 2 aromatic carbocycles. The summed E-state index contributed by atoms with van der Waals surface area (Å²) in [6.45, 7) is 4.62. The minimum atomic E-state index is -3.27. The van der Waals surface area contributed by atoms with Gasteiger partial charge in [-0.15, -0.1) is 0 Å². The predicted octanol–water partition coefficient (Wildman–Crippen LogP) is 4.94. The van der Waals surface area contributed by atoms with Crippen LogP contribution in [0.3, 0.4) is 0 Å². The van der Waals surface area contributed by atoms with Crippen LogP contribution in [-0.2, 0) is 40.5 Å². The van der Waals surface area contributed by atoms with Crippen LogP contribution in [0, 0.1) is 6.92 Å². The number of alkyl halides is 2. The van der Waals surface area contributed by atoms with Crippen LogP contribution in [0.2, 0.25) is 0 Å². The van der Waals surface area contributed by atoms with Gasteiger partial charge >= 0.3 is 5.97 Å². The molecule has 0 saturated carbocycles. The molecule has 0 spiro atoms. The number of methoxy groups -OCH3 is 1.